The van der Waals surface area contributed by atoms with Gasteiger partial charge in [0.05, 0.1) is 7.11 Å². The van der Waals surface area contributed by atoms with Gasteiger partial charge in [-0.2, -0.15) is 0 Å². The van der Waals surface area contributed by atoms with Crippen LogP contribution in [0, 0.1) is 0 Å². The molecule has 1 aromatic heterocycles. The van der Waals surface area contributed by atoms with Gasteiger partial charge < -0.3 is 18.8 Å². The molecular formula is C28H27NO5. The Morgan fingerprint density at radius 1 is 0.971 bits per heavy atom. The Bertz CT molecular complexity index is 1320. The van der Waals surface area contributed by atoms with E-state index < -0.39 is 5.63 Å². The zero-order valence-electron chi connectivity index (χ0n) is 19.3. The van der Waals surface area contributed by atoms with Crippen LogP contribution < -0.4 is 15.1 Å². The number of carbonyl (C=O) groups is 1. The van der Waals surface area contributed by atoms with Crippen LogP contribution in [-0.2, 0) is 17.8 Å². The lowest BCUT2D eigenvalue weighted by Gasteiger charge is -2.30. The second kappa shape index (κ2) is 10.7. The molecule has 0 fully saturated rings. The van der Waals surface area contributed by atoms with Gasteiger partial charge in [-0.05, 0) is 48.7 Å². The number of hydrogen-bond donors (Lipinski definition) is 0. The minimum Gasteiger partial charge on any atom is -0.496 e. The lowest BCUT2D eigenvalue weighted by molar-refractivity contribution is -0.136. The molecule has 1 amide bonds. The van der Waals surface area contributed by atoms with E-state index in [1.807, 2.05) is 66.4 Å². The second-order valence-corrected chi connectivity index (χ2v) is 8.11. The molecular weight excluding hydrogens is 430 g/mol. The summed E-state index contributed by atoms with van der Waals surface area (Å²) in [7, 11) is 1.65. The topological polar surface area (TPSA) is 69.0 Å². The summed E-state index contributed by atoms with van der Waals surface area (Å²) >= 11 is 0. The third-order valence-electron chi connectivity index (χ3n) is 5.71. The molecule has 1 unspecified atom stereocenters. The van der Waals surface area contributed by atoms with Crippen LogP contribution in [0.3, 0.4) is 0 Å². The zero-order chi connectivity index (χ0) is 23.9. The van der Waals surface area contributed by atoms with Gasteiger partial charge in [0.2, 0.25) is 0 Å². The van der Waals surface area contributed by atoms with Crippen LogP contribution in [0.4, 0.5) is 0 Å². The molecule has 1 heterocycles. The van der Waals surface area contributed by atoms with Crippen molar-refractivity contribution in [3.63, 3.8) is 0 Å². The quantitative estimate of drug-likeness (QED) is 0.337. The van der Waals surface area contributed by atoms with E-state index in [9.17, 15) is 9.59 Å². The SMILES string of the molecule is COc1ccccc1CC(C)N(Cc1ccccc1)C(=O)COc1ccc2ccc(=O)oc2c1. The predicted octanol–water partition coefficient (Wildman–Crippen LogP) is 4.84. The van der Waals surface area contributed by atoms with E-state index in [0.29, 0.717) is 24.3 Å². The number of para-hydroxylation sites is 1. The maximum absolute atomic E-state index is 13.3. The minimum absolute atomic E-state index is 0.0952. The molecule has 0 radical (unpaired) electrons. The Morgan fingerprint density at radius 3 is 2.50 bits per heavy atom. The molecule has 0 aliphatic rings. The first-order valence-electron chi connectivity index (χ1n) is 11.2. The van der Waals surface area contributed by atoms with Crippen molar-refractivity contribution in [1.82, 2.24) is 4.90 Å². The van der Waals surface area contributed by atoms with E-state index in [4.69, 9.17) is 13.9 Å². The number of benzene rings is 3. The highest BCUT2D eigenvalue weighted by Gasteiger charge is 2.22. The van der Waals surface area contributed by atoms with E-state index in [-0.39, 0.29) is 18.6 Å². The molecule has 6 heteroatoms. The Morgan fingerprint density at radius 2 is 1.71 bits per heavy atom. The highest BCUT2D eigenvalue weighted by atomic mass is 16.5. The Balaban J connectivity index is 1.51. The van der Waals surface area contributed by atoms with Crippen LogP contribution in [0.15, 0.2) is 94.1 Å². The number of nitrogens with zero attached hydrogens (tertiary/aromatic N) is 1. The summed E-state index contributed by atoms with van der Waals surface area (Å²) < 4.78 is 16.5. The molecule has 6 nitrogen and oxygen atoms in total. The zero-order valence-corrected chi connectivity index (χ0v) is 19.3. The molecule has 34 heavy (non-hydrogen) atoms. The fraction of sp³-hybridized carbons (Fsp3) is 0.214. The third-order valence-corrected chi connectivity index (χ3v) is 5.71. The van der Waals surface area contributed by atoms with Gasteiger partial charge in [-0.1, -0.05) is 48.5 Å². The van der Waals surface area contributed by atoms with Crippen molar-refractivity contribution in [1.29, 1.82) is 0 Å². The Hall–Kier alpha value is -4.06. The number of fused-ring (bicyclic) bond motifs is 1. The highest BCUT2D eigenvalue weighted by molar-refractivity contribution is 5.79. The largest absolute Gasteiger partial charge is 0.496 e. The van der Waals surface area contributed by atoms with Crippen LogP contribution in [0.1, 0.15) is 18.1 Å². The van der Waals surface area contributed by atoms with Gasteiger partial charge in [0.15, 0.2) is 6.61 Å². The van der Waals surface area contributed by atoms with Crippen molar-refractivity contribution in [2.75, 3.05) is 13.7 Å². The fourth-order valence-corrected chi connectivity index (χ4v) is 3.93. The standard InChI is InChI=1S/C28H27NO5/c1-20(16-23-10-6-7-11-25(23)32-2)29(18-21-8-4-3-5-9-21)27(30)19-33-24-14-12-22-13-15-28(31)34-26(22)17-24/h3-15,17,20H,16,18-19H2,1-2H3. The van der Waals surface area contributed by atoms with Crippen molar-refractivity contribution in [2.45, 2.75) is 25.9 Å². The van der Waals surface area contributed by atoms with E-state index in [1.54, 1.807) is 31.4 Å². The smallest absolute Gasteiger partial charge is 0.336 e. The number of rotatable bonds is 9. The summed E-state index contributed by atoms with van der Waals surface area (Å²) in [4.78, 5) is 26.7. The van der Waals surface area contributed by atoms with Gasteiger partial charge >= 0.3 is 5.63 Å². The normalized spacial score (nSPS) is 11.7. The summed E-state index contributed by atoms with van der Waals surface area (Å²) in [5.74, 6) is 1.13. The molecule has 0 spiro atoms. The van der Waals surface area contributed by atoms with Crippen LogP contribution >= 0.6 is 0 Å². The van der Waals surface area contributed by atoms with Gasteiger partial charge in [-0.3, -0.25) is 4.79 Å². The monoisotopic (exact) mass is 457 g/mol. The predicted molar refractivity (Wildman–Crippen MR) is 131 cm³/mol. The summed E-state index contributed by atoms with van der Waals surface area (Å²) in [6.45, 7) is 2.36. The number of carbonyl (C=O) groups excluding carboxylic acids is 1. The average molecular weight is 458 g/mol. The molecule has 0 saturated carbocycles. The molecule has 0 bridgehead atoms. The molecule has 0 aliphatic heterocycles. The van der Waals surface area contributed by atoms with Crippen molar-refractivity contribution in [3.05, 3.63) is 106 Å². The molecule has 0 saturated heterocycles. The molecule has 4 rings (SSSR count). The number of amides is 1. The van der Waals surface area contributed by atoms with Crippen LogP contribution in [0.2, 0.25) is 0 Å². The third kappa shape index (κ3) is 5.64. The van der Waals surface area contributed by atoms with E-state index in [2.05, 4.69) is 0 Å². The summed E-state index contributed by atoms with van der Waals surface area (Å²) in [5.41, 5.74) is 2.06. The lowest BCUT2D eigenvalue weighted by Crippen LogP contribution is -2.42. The fourth-order valence-electron chi connectivity index (χ4n) is 3.93. The van der Waals surface area contributed by atoms with E-state index in [0.717, 1.165) is 22.3 Å². The first-order valence-corrected chi connectivity index (χ1v) is 11.2. The van der Waals surface area contributed by atoms with Gasteiger partial charge in [-0.15, -0.1) is 0 Å². The van der Waals surface area contributed by atoms with Crippen molar-refractivity contribution in [3.8, 4) is 11.5 Å². The van der Waals surface area contributed by atoms with Gasteiger partial charge in [0.1, 0.15) is 17.1 Å². The molecule has 0 aliphatic carbocycles. The number of hydrogen-bond acceptors (Lipinski definition) is 5. The average Bonchev–Trinajstić information content (AvgIpc) is 2.86. The molecule has 1 atom stereocenters. The summed E-state index contributed by atoms with van der Waals surface area (Å²) in [6, 6.07) is 25.9. The molecule has 174 valence electrons. The van der Waals surface area contributed by atoms with Gasteiger partial charge in [-0.25, -0.2) is 4.79 Å². The molecule has 0 N–H and O–H groups in total. The Kier molecular flexibility index (Phi) is 7.28. The van der Waals surface area contributed by atoms with Crippen molar-refractivity contribution < 1.29 is 18.7 Å². The first-order chi connectivity index (χ1) is 16.5. The number of ether oxygens (including phenoxy) is 2. The minimum atomic E-state index is -0.431. The van der Waals surface area contributed by atoms with Crippen LogP contribution in [0.25, 0.3) is 11.0 Å². The van der Waals surface area contributed by atoms with Crippen LogP contribution in [0.5, 0.6) is 11.5 Å². The second-order valence-electron chi connectivity index (χ2n) is 8.11. The van der Waals surface area contributed by atoms with Gasteiger partial charge in [0.25, 0.3) is 5.91 Å². The Labute approximate surface area is 198 Å². The molecule has 4 aromatic rings. The van der Waals surface area contributed by atoms with Crippen molar-refractivity contribution in [2.24, 2.45) is 0 Å². The van der Waals surface area contributed by atoms with E-state index in [1.165, 1.54) is 6.07 Å². The molecule has 3 aromatic carbocycles. The van der Waals surface area contributed by atoms with E-state index >= 15 is 0 Å². The highest BCUT2D eigenvalue weighted by Crippen LogP contribution is 2.23. The first kappa shape index (κ1) is 23.1. The van der Waals surface area contributed by atoms with Crippen LogP contribution in [-0.4, -0.2) is 30.6 Å². The number of methoxy groups -OCH3 is 1. The maximum atomic E-state index is 13.3. The van der Waals surface area contributed by atoms with Crippen molar-refractivity contribution >= 4 is 16.9 Å². The summed E-state index contributed by atoms with van der Waals surface area (Å²) in [6.07, 6.45) is 0.643. The lowest BCUT2D eigenvalue weighted by atomic mass is 10.0. The summed E-state index contributed by atoms with van der Waals surface area (Å²) in [5, 5.41) is 0.786. The maximum Gasteiger partial charge on any atom is 0.336 e. The van der Waals surface area contributed by atoms with Gasteiger partial charge in [0, 0.05) is 30.1 Å².